The van der Waals surface area contributed by atoms with E-state index in [2.05, 4.69) is 0 Å². The van der Waals surface area contributed by atoms with Crippen LogP contribution in [0.25, 0.3) is 22.3 Å². The number of benzene rings is 4. The molecule has 0 spiro atoms. The Bertz CT molecular complexity index is 1780. The second kappa shape index (κ2) is 8.79. The van der Waals surface area contributed by atoms with E-state index in [-0.39, 0.29) is 39.5 Å². The van der Waals surface area contributed by atoms with Gasteiger partial charge in [0, 0.05) is 11.8 Å². The molecular weight excluding hydrogens is 531 g/mol. The second-order valence-electron chi connectivity index (χ2n) is 8.64. The maximum atomic E-state index is 12.6. The van der Waals surface area contributed by atoms with Gasteiger partial charge in [-0.2, -0.15) is 16.8 Å². The van der Waals surface area contributed by atoms with E-state index >= 15 is 0 Å². The first kappa shape index (κ1) is 25.6. The Hall–Kier alpha value is -2.01. The number of halogens is 1. The first-order chi connectivity index (χ1) is 16.6. The number of fused-ring (bicyclic) bond motifs is 6. The molecule has 0 amide bonds. The minimum atomic E-state index is -4.73. The standard InChI is InChI=1S/C26H17ClO6S2.Na.H/c27-20-13-12-19-15-7-2-4-9-18(15)24(25(19)26(20)35(31,32)33)23-17-8-3-1-6-14(17)16-10-5-11-21(22(16)23)34(28,29)30;;/h1-13,23-24H,(H,28,29,30)(H,31,32,33);;. The molecule has 0 bridgehead atoms. The quantitative estimate of drug-likeness (QED) is 0.272. The molecule has 36 heavy (non-hydrogen) atoms. The molecule has 0 aliphatic heterocycles. The van der Waals surface area contributed by atoms with Crippen molar-refractivity contribution in [2.75, 3.05) is 0 Å². The molecule has 0 aromatic heterocycles. The summed E-state index contributed by atoms with van der Waals surface area (Å²) in [5, 5.41) is -0.126. The predicted octanol–water partition coefficient (Wildman–Crippen LogP) is 5.11. The third-order valence-electron chi connectivity index (χ3n) is 6.88. The Kier molecular flexibility index (Phi) is 6.26. The monoisotopic (exact) mass is 548 g/mol. The van der Waals surface area contributed by atoms with Crippen molar-refractivity contribution in [3.05, 3.63) is 106 Å². The van der Waals surface area contributed by atoms with Gasteiger partial charge in [-0.15, -0.1) is 0 Å². The summed E-state index contributed by atoms with van der Waals surface area (Å²) in [7, 11) is -9.34. The Balaban J connectivity index is 0.00000267. The fourth-order valence-corrected chi connectivity index (χ4v) is 7.79. The first-order valence-corrected chi connectivity index (χ1v) is 13.9. The van der Waals surface area contributed by atoms with Crippen molar-refractivity contribution in [1.82, 2.24) is 0 Å². The molecule has 0 heterocycles. The summed E-state index contributed by atoms with van der Waals surface area (Å²) < 4.78 is 70.4. The van der Waals surface area contributed by atoms with Gasteiger partial charge in [-0.1, -0.05) is 78.3 Å². The van der Waals surface area contributed by atoms with Crippen LogP contribution in [0, 0.1) is 0 Å². The maximum absolute atomic E-state index is 12.6. The van der Waals surface area contributed by atoms with Gasteiger partial charge < -0.3 is 0 Å². The normalized spacial score (nSPS) is 17.5. The van der Waals surface area contributed by atoms with E-state index in [0.717, 1.165) is 22.3 Å². The fourth-order valence-electron chi connectivity index (χ4n) is 5.73. The van der Waals surface area contributed by atoms with Gasteiger partial charge in [-0.3, -0.25) is 9.11 Å². The SMILES string of the molecule is O=S(=O)(O)c1cccc2c1C(C1c3ccccc3-c3ccc(Cl)c(S(=O)(=O)O)c31)c1ccccc1-2.[NaH]. The molecule has 2 N–H and O–H groups in total. The zero-order valence-corrected chi connectivity index (χ0v) is 20.3. The van der Waals surface area contributed by atoms with Gasteiger partial charge in [0.05, 0.1) is 9.92 Å². The molecule has 178 valence electrons. The van der Waals surface area contributed by atoms with Crippen LogP contribution in [0.4, 0.5) is 0 Å². The van der Waals surface area contributed by atoms with Crippen molar-refractivity contribution in [3.63, 3.8) is 0 Å². The first-order valence-electron chi connectivity index (χ1n) is 10.7. The van der Waals surface area contributed by atoms with Crippen LogP contribution in [-0.4, -0.2) is 55.5 Å². The summed E-state index contributed by atoms with van der Waals surface area (Å²) >= 11 is 6.34. The molecule has 4 aromatic rings. The average molecular weight is 549 g/mol. The van der Waals surface area contributed by atoms with Crippen LogP contribution in [0.15, 0.2) is 88.7 Å². The summed E-state index contributed by atoms with van der Waals surface area (Å²) in [6, 6.07) is 22.6. The fraction of sp³-hybridized carbons (Fsp3) is 0.0769. The van der Waals surface area contributed by atoms with E-state index < -0.39 is 37.0 Å². The van der Waals surface area contributed by atoms with Crippen molar-refractivity contribution in [2.45, 2.75) is 21.6 Å². The summed E-state index contributed by atoms with van der Waals surface area (Å²) in [4.78, 5) is -0.634. The Morgan fingerprint density at radius 3 is 1.64 bits per heavy atom. The van der Waals surface area contributed by atoms with Crippen LogP contribution in [0.5, 0.6) is 0 Å². The van der Waals surface area contributed by atoms with Gasteiger partial charge in [0.1, 0.15) is 4.90 Å². The van der Waals surface area contributed by atoms with Crippen molar-refractivity contribution in [2.24, 2.45) is 0 Å². The molecule has 2 aliphatic rings. The van der Waals surface area contributed by atoms with E-state index in [1.54, 1.807) is 18.2 Å². The van der Waals surface area contributed by atoms with Gasteiger partial charge in [0.15, 0.2) is 0 Å². The molecule has 6 nitrogen and oxygen atoms in total. The van der Waals surface area contributed by atoms with Gasteiger partial charge in [-0.25, -0.2) is 0 Å². The Morgan fingerprint density at radius 2 is 1.08 bits per heavy atom. The third-order valence-corrected chi connectivity index (χ3v) is 9.17. The van der Waals surface area contributed by atoms with E-state index in [0.29, 0.717) is 22.3 Å². The van der Waals surface area contributed by atoms with Gasteiger partial charge >= 0.3 is 29.6 Å². The van der Waals surface area contributed by atoms with E-state index in [9.17, 15) is 25.9 Å². The van der Waals surface area contributed by atoms with Gasteiger partial charge in [-0.05, 0) is 56.6 Å². The zero-order chi connectivity index (χ0) is 24.7. The van der Waals surface area contributed by atoms with Crippen LogP contribution in [0.1, 0.15) is 34.1 Å². The molecule has 6 rings (SSSR count). The van der Waals surface area contributed by atoms with E-state index in [1.807, 2.05) is 48.5 Å². The van der Waals surface area contributed by atoms with Gasteiger partial charge in [0.25, 0.3) is 20.2 Å². The average Bonchev–Trinajstić information content (AvgIpc) is 3.29. The molecule has 2 atom stereocenters. The molecule has 0 saturated heterocycles. The molecular formula is C26H18ClNaO6S2. The van der Waals surface area contributed by atoms with Gasteiger partial charge in [0.2, 0.25) is 0 Å². The predicted molar refractivity (Wildman–Crippen MR) is 139 cm³/mol. The molecule has 0 radical (unpaired) electrons. The minimum absolute atomic E-state index is 0. The van der Waals surface area contributed by atoms with Crippen molar-refractivity contribution < 1.29 is 25.9 Å². The Labute approximate surface area is 235 Å². The van der Waals surface area contributed by atoms with Crippen LogP contribution in [-0.2, 0) is 20.2 Å². The number of hydrogen-bond donors (Lipinski definition) is 2. The summed E-state index contributed by atoms with van der Waals surface area (Å²) in [5.74, 6) is -1.36. The Morgan fingerprint density at radius 1 is 0.583 bits per heavy atom. The third kappa shape index (κ3) is 3.71. The van der Waals surface area contributed by atoms with E-state index in [4.69, 9.17) is 11.6 Å². The number of hydrogen-bond acceptors (Lipinski definition) is 4. The van der Waals surface area contributed by atoms with Crippen LogP contribution >= 0.6 is 11.6 Å². The van der Waals surface area contributed by atoms with Crippen LogP contribution in [0.2, 0.25) is 5.02 Å². The van der Waals surface area contributed by atoms with Crippen LogP contribution < -0.4 is 0 Å². The topological polar surface area (TPSA) is 109 Å². The van der Waals surface area contributed by atoms with Crippen molar-refractivity contribution in [1.29, 1.82) is 0 Å². The number of rotatable bonds is 3. The summed E-state index contributed by atoms with van der Waals surface area (Å²) in [6.45, 7) is 0. The molecule has 2 aliphatic carbocycles. The van der Waals surface area contributed by atoms with Crippen molar-refractivity contribution >= 4 is 61.4 Å². The zero-order valence-electron chi connectivity index (χ0n) is 17.9. The molecule has 4 aromatic carbocycles. The molecule has 2 unspecified atom stereocenters. The van der Waals surface area contributed by atoms with Crippen molar-refractivity contribution in [3.8, 4) is 22.3 Å². The van der Waals surface area contributed by atoms with E-state index in [1.165, 1.54) is 12.1 Å². The molecule has 10 heteroatoms. The molecule has 0 saturated carbocycles. The van der Waals surface area contributed by atoms with Crippen LogP contribution in [0.3, 0.4) is 0 Å². The second-order valence-corrected chi connectivity index (χ2v) is 11.8. The molecule has 0 fully saturated rings. The summed E-state index contributed by atoms with van der Waals surface area (Å²) in [6.07, 6.45) is 0. The summed E-state index contributed by atoms with van der Waals surface area (Å²) in [5.41, 5.74) is 5.03.